The highest BCUT2D eigenvalue weighted by Crippen LogP contribution is 2.21. The molecule has 2 unspecified atom stereocenters. The summed E-state index contributed by atoms with van der Waals surface area (Å²) in [6.07, 6.45) is 0. The second kappa shape index (κ2) is 6.18. The zero-order chi connectivity index (χ0) is 15.4. The van der Waals surface area contributed by atoms with Crippen molar-refractivity contribution in [3.05, 3.63) is 29.3 Å². The Balaban J connectivity index is 2.94. The van der Waals surface area contributed by atoms with Crippen LogP contribution in [0.25, 0.3) is 0 Å². The van der Waals surface area contributed by atoms with Crippen LogP contribution in [0.15, 0.2) is 18.2 Å². The van der Waals surface area contributed by atoms with Crippen LogP contribution in [-0.2, 0) is 9.59 Å². The average molecular weight is 279 g/mol. The van der Waals surface area contributed by atoms with E-state index in [0.717, 1.165) is 0 Å². The zero-order valence-corrected chi connectivity index (χ0v) is 11.5. The van der Waals surface area contributed by atoms with Crippen LogP contribution in [-0.4, -0.2) is 28.1 Å². The largest absolute Gasteiger partial charge is 0.481 e. The van der Waals surface area contributed by atoms with Crippen LogP contribution in [0, 0.1) is 18.8 Å². The van der Waals surface area contributed by atoms with Gasteiger partial charge in [-0.3, -0.25) is 9.59 Å². The molecule has 1 aromatic carbocycles. The van der Waals surface area contributed by atoms with E-state index in [9.17, 15) is 14.4 Å². The predicted molar refractivity (Wildman–Crippen MR) is 72.7 cm³/mol. The van der Waals surface area contributed by atoms with Crippen molar-refractivity contribution in [1.82, 2.24) is 0 Å². The molecular formula is C14H17NO5. The van der Waals surface area contributed by atoms with Gasteiger partial charge in [-0.25, -0.2) is 4.79 Å². The Hall–Kier alpha value is -2.37. The lowest BCUT2D eigenvalue weighted by Gasteiger charge is -2.17. The van der Waals surface area contributed by atoms with Crippen LogP contribution in [0.2, 0.25) is 0 Å². The monoisotopic (exact) mass is 279 g/mol. The maximum Gasteiger partial charge on any atom is 0.336 e. The van der Waals surface area contributed by atoms with Gasteiger partial charge in [0.15, 0.2) is 0 Å². The highest BCUT2D eigenvalue weighted by Gasteiger charge is 2.26. The molecule has 6 heteroatoms. The van der Waals surface area contributed by atoms with Crippen LogP contribution < -0.4 is 5.32 Å². The van der Waals surface area contributed by atoms with Gasteiger partial charge in [-0.15, -0.1) is 0 Å². The second-order valence-electron chi connectivity index (χ2n) is 4.69. The van der Waals surface area contributed by atoms with Gasteiger partial charge in [0.1, 0.15) is 0 Å². The Kier molecular flexibility index (Phi) is 4.85. The summed E-state index contributed by atoms with van der Waals surface area (Å²) in [7, 11) is 0. The number of amides is 1. The standard InChI is InChI=1S/C14H17NO5/c1-7(8(2)13(17)18)12(16)15-11-6-4-5-10(9(11)3)14(19)20/h4-8H,1-3H3,(H,15,16)(H,17,18)(H,19,20). The highest BCUT2D eigenvalue weighted by atomic mass is 16.4. The third kappa shape index (κ3) is 3.34. The topological polar surface area (TPSA) is 104 Å². The smallest absolute Gasteiger partial charge is 0.336 e. The molecule has 2 atom stereocenters. The second-order valence-corrected chi connectivity index (χ2v) is 4.69. The molecule has 1 aromatic rings. The van der Waals surface area contributed by atoms with Gasteiger partial charge in [-0.1, -0.05) is 19.9 Å². The lowest BCUT2D eigenvalue weighted by Crippen LogP contribution is -2.30. The number of carboxylic acid groups (broad SMARTS) is 2. The Morgan fingerprint density at radius 2 is 1.70 bits per heavy atom. The van der Waals surface area contributed by atoms with Crippen molar-refractivity contribution in [3.63, 3.8) is 0 Å². The lowest BCUT2D eigenvalue weighted by molar-refractivity contribution is -0.145. The number of aromatic carboxylic acids is 1. The summed E-state index contributed by atoms with van der Waals surface area (Å²) in [6, 6.07) is 4.55. The minimum absolute atomic E-state index is 0.0988. The van der Waals surface area contributed by atoms with E-state index >= 15 is 0 Å². The van der Waals surface area contributed by atoms with Crippen LogP contribution >= 0.6 is 0 Å². The number of benzene rings is 1. The van der Waals surface area contributed by atoms with E-state index in [1.807, 2.05) is 0 Å². The number of rotatable bonds is 5. The molecule has 0 aliphatic carbocycles. The number of anilines is 1. The molecule has 0 spiro atoms. The molecule has 0 saturated heterocycles. The van der Waals surface area contributed by atoms with Gasteiger partial charge in [0.05, 0.1) is 11.5 Å². The molecular weight excluding hydrogens is 262 g/mol. The SMILES string of the molecule is Cc1c(NC(=O)C(C)C(C)C(=O)O)cccc1C(=O)O. The number of aliphatic carboxylic acids is 1. The molecule has 0 aliphatic heterocycles. The maximum atomic E-state index is 12.0. The fourth-order valence-corrected chi connectivity index (χ4v) is 1.69. The normalized spacial score (nSPS) is 13.3. The third-order valence-electron chi connectivity index (χ3n) is 3.38. The number of nitrogens with one attached hydrogen (secondary N) is 1. The Labute approximate surface area is 116 Å². The van der Waals surface area contributed by atoms with Crippen LogP contribution in [0.3, 0.4) is 0 Å². The number of hydrogen-bond acceptors (Lipinski definition) is 3. The van der Waals surface area contributed by atoms with Gasteiger partial charge in [0, 0.05) is 11.6 Å². The Bertz CT molecular complexity index is 552. The molecule has 0 radical (unpaired) electrons. The lowest BCUT2D eigenvalue weighted by atomic mass is 9.95. The van der Waals surface area contributed by atoms with Gasteiger partial charge in [0.25, 0.3) is 0 Å². The van der Waals surface area contributed by atoms with Crippen LogP contribution in [0.4, 0.5) is 5.69 Å². The van der Waals surface area contributed by atoms with Gasteiger partial charge in [0.2, 0.25) is 5.91 Å². The van der Waals surface area contributed by atoms with Crippen molar-refractivity contribution < 1.29 is 24.6 Å². The van der Waals surface area contributed by atoms with Crippen molar-refractivity contribution in [3.8, 4) is 0 Å². The van der Waals surface area contributed by atoms with E-state index < -0.39 is 29.7 Å². The molecule has 6 nitrogen and oxygen atoms in total. The molecule has 0 aliphatic rings. The number of hydrogen-bond donors (Lipinski definition) is 3. The predicted octanol–water partition coefficient (Wildman–Crippen LogP) is 1.99. The molecule has 108 valence electrons. The summed E-state index contributed by atoms with van der Waals surface area (Å²) in [6.45, 7) is 4.56. The third-order valence-corrected chi connectivity index (χ3v) is 3.38. The molecule has 3 N–H and O–H groups in total. The molecule has 0 aromatic heterocycles. The minimum Gasteiger partial charge on any atom is -0.481 e. The number of carbonyl (C=O) groups excluding carboxylic acids is 1. The van der Waals surface area contributed by atoms with Crippen molar-refractivity contribution in [2.75, 3.05) is 5.32 Å². The summed E-state index contributed by atoms with van der Waals surface area (Å²) in [5, 5.41) is 20.5. The minimum atomic E-state index is -1.08. The summed E-state index contributed by atoms with van der Waals surface area (Å²) < 4.78 is 0. The molecule has 20 heavy (non-hydrogen) atoms. The summed E-state index contributed by atoms with van der Waals surface area (Å²) in [5.41, 5.74) is 0.907. The van der Waals surface area contributed by atoms with E-state index in [1.54, 1.807) is 13.0 Å². The molecule has 0 fully saturated rings. The van der Waals surface area contributed by atoms with E-state index in [4.69, 9.17) is 10.2 Å². The quantitative estimate of drug-likeness (QED) is 0.764. The van der Waals surface area contributed by atoms with Gasteiger partial charge in [-0.2, -0.15) is 0 Å². The Morgan fingerprint density at radius 1 is 1.10 bits per heavy atom. The maximum absolute atomic E-state index is 12.0. The zero-order valence-electron chi connectivity index (χ0n) is 11.5. The van der Waals surface area contributed by atoms with Crippen molar-refractivity contribution in [2.45, 2.75) is 20.8 Å². The Morgan fingerprint density at radius 3 is 2.20 bits per heavy atom. The fourth-order valence-electron chi connectivity index (χ4n) is 1.69. The molecule has 0 bridgehead atoms. The fraction of sp³-hybridized carbons (Fsp3) is 0.357. The van der Waals surface area contributed by atoms with Crippen molar-refractivity contribution >= 4 is 23.5 Å². The first-order chi connectivity index (χ1) is 9.25. The van der Waals surface area contributed by atoms with Crippen molar-refractivity contribution in [1.29, 1.82) is 0 Å². The first-order valence-electron chi connectivity index (χ1n) is 6.12. The molecule has 0 heterocycles. The van der Waals surface area contributed by atoms with Crippen LogP contribution in [0.5, 0.6) is 0 Å². The summed E-state index contributed by atoms with van der Waals surface area (Å²) >= 11 is 0. The van der Waals surface area contributed by atoms with E-state index in [2.05, 4.69) is 5.32 Å². The number of carbonyl (C=O) groups is 3. The van der Waals surface area contributed by atoms with E-state index in [1.165, 1.54) is 26.0 Å². The van der Waals surface area contributed by atoms with Gasteiger partial charge >= 0.3 is 11.9 Å². The highest BCUT2D eigenvalue weighted by molar-refractivity contribution is 5.98. The van der Waals surface area contributed by atoms with Gasteiger partial charge < -0.3 is 15.5 Å². The van der Waals surface area contributed by atoms with Crippen molar-refractivity contribution in [2.24, 2.45) is 11.8 Å². The first kappa shape index (κ1) is 15.7. The van der Waals surface area contributed by atoms with E-state index in [-0.39, 0.29) is 5.56 Å². The molecule has 0 saturated carbocycles. The first-order valence-corrected chi connectivity index (χ1v) is 6.12. The summed E-state index contributed by atoms with van der Waals surface area (Å²) in [5.74, 6) is -4.13. The average Bonchev–Trinajstić information content (AvgIpc) is 2.38. The van der Waals surface area contributed by atoms with E-state index in [0.29, 0.717) is 11.3 Å². The van der Waals surface area contributed by atoms with Gasteiger partial charge in [-0.05, 0) is 24.6 Å². The molecule has 1 rings (SSSR count). The summed E-state index contributed by atoms with van der Waals surface area (Å²) in [4.78, 5) is 33.8. The van der Waals surface area contributed by atoms with Crippen LogP contribution in [0.1, 0.15) is 29.8 Å². The number of carboxylic acids is 2. The molecule has 1 amide bonds.